The van der Waals surface area contributed by atoms with Gasteiger partial charge in [-0.2, -0.15) is 0 Å². The Kier molecular flexibility index (Phi) is 6.83. The molecular weight excluding hydrogens is 422 g/mol. The largest absolute Gasteiger partial charge is 0.371 e. The third-order valence-corrected chi connectivity index (χ3v) is 5.09. The van der Waals surface area contributed by atoms with Crippen molar-refractivity contribution in [2.45, 2.75) is 6.10 Å². The second-order valence-corrected chi connectivity index (χ2v) is 7.89. The van der Waals surface area contributed by atoms with Gasteiger partial charge in [-0.15, -0.1) is 0 Å². The number of amides is 2. The monoisotopic (exact) mass is 445 g/mol. The summed E-state index contributed by atoms with van der Waals surface area (Å²) in [7, 11) is 3.40. The maximum Gasteiger partial charge on any atom is 0.253 e. The van der Waals surface area contributed by atoms with Gasteiger partial charge in [0.2, 0.25) is 5.91 Å². The number of carbonyl (C=O) groups excluding carboxylic acids is 2. The van der Waals surface area contributed by atoms with Crippen LogP contribution in [0.15, 0.2) is 53.0 Å². The van der Waals surface area contributed by atoms with E-state index in [2.05, 4.69) is 26.1 Å². The van der Waals surface area contributed by atoms with Gasteiger partial charge >= 0.3 is 0 Å². The second kappa shape index (κ2) is 9.32. The Morgan fingerprint density at radius 3 is 2.68 bits per heavy atom. The van der Waals surface area contributed by atoms with E-state index in [4.69, 9.17) is 4.74 Å². The van der Waals surface area contributed by atoms with Gasteiger partial charge in [-0.1, -0.05) is 34.1 Å². The summed E-state index contributed by atoms with van der Waals surface area (Å²) in [6.45, 7) is 2.23. The van der Waals surface area contributed by atoms with Gasteiger partial charge in [-0.05, 0) is 35.9 Å². The minimum atomic E-state index is -0.106. The summed E-state index contributed by atoms with van der Waals surface area (Å²) < 4.78 is 6.89. The molecule has 2 aromatic rings. The number of rotatable bonds is 5. The van der Waals surface area contributed by atoms with Crippen LogP contribution in [-0.2, 0) is 9.53 Å². The van der Waals surface area contributed by atoms with Crippen molar-refractivity contribution in [2.75, 3.05) is 45.7 Å². The average molecular weight is 446 g/mol. The molecule has 0 aromatic heterocycles. The second-order valence-electron chi connectivity index (χ2n) is 6.97. The maximum absolute atomic E-state index is 12.5. The molecule has 1 saturated heterocycles. The number of nitrogens with one attached hydrogen (secondary N) is 1. The Morgan fingerprint density at radius 1 is 1.21 bits per heavy atom. The highest BCUT2D eigenvalue weighted by Gasteiger charge is 2.23. The molecule has 7 heteroatoms. The lowest BCUT2D eigenvalue weighted by Gasteiger charge is -2.32. The Morgan fingerprint density at radius 2 is 1.96 bits per heavy atom. The van der Waals surface area contributed by atoms with E-state index in [9.17, 15) is 9.59 Å². The third-order valence-electron chi connectivity index (χ3n) is 4.56. The Bertz CT molecular complexity index is 839. The molecule has 0 bridgehead atoms. The first-order valence-corrected chi connectivity index (χ1v) is 9.92. The SMILES string of the molecule is CN(C)C(=O)c1cccc(NC(=O)CN2CCOC(c3ccc(Br)cc3)C2)c1. The van der Waals surface area contributed by atoms with E-state index in [-0.39, 0.29) is 24.5 Å². The van der Waals surface area contributed by atoms with Crippen molar-refractivity contribution in [1.82, 2.24) is 9.80 Å². The average Bonchev–Trinajstić information content (AvgIpc) is 2.68. The summed E-state index contributed by atoms with van der Waals surface area (Å²) in [6, 6.07) is 15.0. The van der Waals surface area contributed by atoms with Crippen LogP contribution in [0.2, 0.25) is 0 Å². The number of benzene rings is 2. The number of halogens is 1. The molecule has 0 spiro atoms. The molecule has 2 aromatic carbocycles. The zero-order valence-corrected chi connectivity index (χ0v) is 17.6. The maximum atomic E-state index is 12.5. The van der Waals surface area contributed by atoms with Crippen molar-refractivity contribution in [3.05, 3.63) is 64.1 Å². The zero-order chi connectivity index (χ0) is 20.1. The van der Waals surface area contributed by atoms with Gasteiger partial charge in [0.25, 0.3) is 5.91 Å². The molecule has 0 radical (unpaired) electrons. The molecule has 3 rings (SSSR count). The molecule has 1 fully saturated rings. The van der Waals surface area contributed by atoms with Gasteiger partial charge in [0.1, 0.15) is 0 Å². The van der Waals surface area contributed by atoms with Crippen LogP contribution in [0.25, 0.3) is 0 Å². The summed E-state index contributed by atoms with van der Waals surface area (Å²) in [5.41, 5.74) is 2.27. The minimum Gasteiger partial charge on any atom is -0.371 e. The van der Waals surface area contributed by atoms with Crippen molar-refractivity contribution < 1.29 is 14.3 Å². The molecule has 6 nitrogen and oxygen atoms in total. The van der Waals surface area contributed by atoms with Gasteiger partial charge in [-0.25, -0.2) is 0 Å². The Labute approximate surface area is 173 Å². The van der Waals surface area contributed by atoms with Crippen LogP contribution in [0.3, 0.4) is 0 Å². The van der Waals surface area contributed by atoms with Crippen molar-refractivity contribution in [1.29, 1.82) is 0 Å². The van der Waals surface area contributed by atoms with Gasteiger partial charge in [-0.3, -0.25) is 14.5 Å². The Hall–Kier alpha value is -2.22. The van der Waals surface area contributed by atoms with E-state index in [1.165, 1.54) is 4.90 Å². The molecular formula is C21H24BrN3O3. The van der Waals surface area contributed by atoms with E-state index in [0.29, 0.717) is 30.9 Å². The van der Waals surface area contributed by atoms with E-state index in [0.717, 1.165) is 10.0 Å². The van der Waals surface area contributed by atoms with E-state index in [1.54, 1.807) is 38.4 Å². The first kappa shape index (κ1) is 20.5. The fourth-order valence-electron chi connectivity index (χ4n) is 3.12. The molecule has 28 heavy (non-hydrogen) atoms. The van der Waals surface area contributed by atoms with Crippen LogP contribution in [0.1, 0.15) is 22.0 Å². The normalized spacial score (nSPS) is 17.2. The van der Waals surface area contributed by atoms with Crippen molar-refractivity contribution in [3.63, 3.8) is 0 Å². The molecule has 2 amide bonds. The number of ether oxygens (including phenoxy) is 1. The molecule has 1 heterocycles. The van der Waals surface area contributed by atoms with Gasteiger partial charge < -0.3 is 15.0 Å². The number of hydrogen-bond donors (Lipinski definition) is 1. The molecule has 1 aliphatic rings. The summed E-state index contributed by atoms with van der Waals surface area (Å²) in [5, 5.41) is 2.89. The van der Waals surface area contributed by atoms with Crippen molar-refractivity contribution >= 4 is 33.4 Å². The quantitative estimate of drug-likeness (QED) is 0.767. The summed E-state index contributed by atoms with van der Waals surface area (Å²) in [5.74, 6) is -0.201. The topological polar surface area (TPSA) is 61.9 Å². The number of hydrogen-bond acceptors (Lipinski definition) is 4. The first-order chi connectivity index (χ1) is 13.4. The molecule has 1 unspecified atom stereocenters. The lowest BCUT2D eigenvalue weighted by molar-refractivity contribution is -0.119. The predicted molar refractivity (Wildman–Crippen MR) is 112 cm³/mol. The Balaban J connectivity index is 1.58. The van der Waals surface area contributed by atoms with E-state index in [1.807, 2.05) is 24.3 Å². The zero-order valence-electron chi connectivity index (χ0n) is 16.0. The fraction of sp³-hybridized carbons (Fsp3) is 0.333. The van der Waals surface area contributed by atoms with Gasteiger partial charge in [0, 0.05) is 42.9 Å². The van der Waals surface area contributed by atoms with E-state index < -0.39 is 0 Å². The van der Waals surface area contributed by atoms with Crippen LogP contribution in [0.4, 0.5) is 5.69 Å². The summed E-state index contributed by atoms with van der Waals surface area (Å²) in [4.78, 5) is 28.2. The van der Waals surface area contributed by atoms with Crippen LogP contribution in [0, 0.1) is 0 Å². The van der Waals surface area contributed by atoms with Crippen LogP contribution >= 0.6 is 15.9 Å². The number of nitrogens with zero attached hydrogens (tertiary/aromatic N) is 2. The molecule has 1 N–H and O–H groups in total. The van der Waals surface area contributed by atoms with Gasteiger partial charge in [0.05, 0.1) is 19.3 Å². The van der Waals surface area contributed by atoms with Gasteiger partial charge in [0.15, 0.2) is 0 Å². The third kappa shape index (κ3) is 5.41. The lowest BCUT2D eigenvalue weighted by Crippen LogP contribution is -2.42. The van der Waals surface area contributed by atoms with Crippen LogP contribution < -0.4 is 5.32 Å². The highest BCUT2D eigenvalue weighted by atomic mass is 79.9. The first-order valence-electron chi connectivity index (χ1n) is 9.13. The fourth-order valence-corrected chi connectivity index (χ4v) is 3.38. The number of anilines is 1. The molecule has 0 aliphatic carbocycles. The molecule has 0 saturated carbocycles. The number of carbonyl (C=O) groups is 2. The van der Waals surface area contributed by atoms with Crippen LogP contribution in [0.5, 0.6) is 0 Å². The summed E-state index contributed by atoms with van der Waals surface area (Å²) in [6.07, 6.45) is -0.0457. The smallest absolute Gasteiger partial charge is 0.253 e. The molecule has 148 valence electrons. The molecule has 1 atom stereocenters. The molecule has 1 aliphatic heterocycles. The van der Waals surface area contributed by atoms with Crippen molar-refractivity contribution in [3.8, 4) is 0 Å². The minimum absolute atomic E-state index is 0.0457. The predicted octanol–water partition coefficient (Wildman–Crippen LogP) is 3.16. The highest BCUT2D eigenvalue weighted by Crippen LogP contribution is 2.23. The lowest BCUT2D eigenvalue weighted by atomic mass is 10.1. The van der Waals surface area contributed by atoms with Crippen LogP contribution in [-0.4, -0.2) is 62.0 Å². The highest BCUT2D eigenvalue weighted by molar-refractivity contribution is 9.10. The van der Waals surface area contributed by atoms with E-state index >= 15 is 0 Å². The van der Waals surface area contributed by atoms with Crippen molar-refractivity contribution in [2.24, 2.45) is 0 Å². The summed E-state index contributed by atoms with van der Waals surface area (Å²) >= 11 is 3.44. The number of morpholine rings is 1. The standard InChI is InChI=1S/C21H24BrN3O3/c1-24(2)21(27)16-4-3-5-18(12-16)23-20(26)14-25-10-11-28-19(13-25)15-6-8-17(22)9-7-15/h3-9,12,19H,10-11,13-14H2,1-2H3,(H,23,26).